The van der Waals surface area contributed by atoms with Gasteiger partial charge in [0.2, 0.25) is 0 Å². The van der Waals surface area contributed by atoms with Gasteiger partial charge in [-0.2, -0.15) is 5.26 Å². The number of rotatable bonds is 8. The van der Waals surface area contributed by atoms with Crippen molar-refractivity contribution in [1.82, 2.24) is 14.9 Å². The van der Waals surface area contributed by atoms with Gasteiger partial charge in [0.25, 0.3) is 5.91 Å². The number of nitriles is 1. The van der Waals surface area contributed by atoms with E-state index in [0.29, 0.717) is 13.0 Å². The largest absolute Gasteiger partial charge is 0.376 e. The highest BCUT2D eigenvalue weighted by molar-refractivity contribution is 7.16. The molecule has 8 heteroatoms. The molecule has 4 rings (SSSR count). The van der Waals surface area contributed by atoms with Gasteiger partial charge in [0.1, 0.15) is 11.6 Å². The number of thiophene rings is 1. The van der Waals surface area contributed by atoms with Gasteiger partial charge in [-0.15, -0.1) is 22.7 Å². The van der Waals surface area contributed by atoms with Gasteiger partial charge in [-0.3, -0.25) is 4.79 Å². The second-order valence-electron chi connectivity index (χ2n) is 8.27. The minimum atomic E-state index is -0.340. The third-order valence-corrected chi connectivity index (χ3v) is 7.82. The summed E-state index contributed by atoms with van der Waals surface area (Å²) in [6.45, 7) is 8.19. The normalized spacial score (nSPS) is 16.2. The number of hydrogen-bond donors (Lipinski definition) is 1. The van der Waals surface area contributed by atoms with E-state index in [9.17, 15) is 10.1 Å². The molecular weight excluding hydrogens is 452 g/mol. The Balaban J connectivity index is 1.36. The van der Waals surface area contributed by atoms with Crippen molar-refractivity contribution >= 4 is 34.7 Å². The number of nitrogens with one attached hydrogen (secondary N) is 1. The highest BCUT2D eigenvalue weighted by Crippen LogP contribution is 2.29. The highest BCUT2D eigenvalue weighted by atomic mass is 32.1. The fraction of sp³-hybridized carbons (Fsp3) is 0.400. The van der Waals surface area contributed by atoms with Crippen LogP contribution in [-0.2, 0) is 22.5 Å². The summed E-state index contributed by atoms with van der Waals surface area (Å²) in [5.41, 5.74) is 4.18. The predicted octanol–water partition coefficient (Wildman–Crippen LogP) is 5.04. The van der Waals surface area contributed by atoms with Crippen molar-refractivity contribution in [1.29, 1.82) is 5.26 Å². The molecule has 1 fully saturated rings. The van der Waals surface area contributed by atoms with Gasteiger partial charge < -0.3 is 14.6 Å². The van der Waals surface area contributed by atoms with E-state index < -0.39 is 0 Å². The Labute approximate surface area is 202 Å². The first-order valence-corrected chi connectivity index (χ1v) is 12.8. The Hall–Kier alpha value is -2.73. The van der Waals surface area contributed by atoms with Crippen LogP contribution in [0.2, 0.25) is 0 Å². The number of amides is 1. The Kier molecular flexibility index (Phi) is 7.43. The standard InChI is InChI=1S/C25H28N4O2S2/c1-16-11-19(17(2)29(16)14-21-5-4-10-31-21)12-20(13-26)25(30)27-9-8-22-6-7-24(33-22)23-15-32-18(3)28-23/h6-7,11-12,15,21H,4-5,8-10,14H2,1-3H3,(H,27,30)/b20-12+. The smallest absolute Gasteiger partial charge is 0.261 e. The van der Waals surface area contributed by atoms with Crippen LogP contribution in [-0.4, -0.2) is 34.7 Å². The van der Waals surface area contributed by atoms with Gasteiger partial charge in [0.05, 0.1) is 21.7 Å². The molecule has 3 aromatic rings. The summed E-state index contributed by atoms with van der Waals surface area (Å²) in [5, 5.41) is 15.6. The molecule has 1 aliphatic rings. The number of ether oxygens (including phenoxy) is 1. The van der Waals surface area contributed by atoms with Crippen molar-refractivity contribution in [3.05, 3.63) is 56.0 Å². The molecule has 0 saturated carbocycles. The highest BCUT2D eigenvalue weighted by Gasteiger charge is 2.19. The number of aryl methyl sites for hydroxylation is 2. The summed E-state index contributed by atoms with van der Waals surface area (Å²) in [6.07, 6.45) is 4.82. The molecule has 1 unspecified atom stereocenters. The van der Waals surface area contributed by atoms with Crippen molar-refractivity contribution in [2.45, 2.75) is 52.7 Å². The van der Waals surface area contributed by atoms with Crippen LogP contribution in [0.1, 0.15) is 39.7 Å². The minimum absolute atomic E-state index is 0.122. The minimum Gasteiger partial charge on any atom is -0.376 e. The first-order valence-electron chi connectivity index (χ1n) is 11.1. The first-order chi connectivity index (χ1) is 15.9. The summed E-state index contributed by atoms with van der Waals surface area (Å²) in [4.78, 5) is 19.5. The SMILES string of the molecule is Cc1nc(-c2ccc(CCNC(=O)/C(C#N)=C/c3cc(C)n(CC4CCCO4)c3C)s2)cs1. The lowest BCUT2D eigenvalue weighted by Gasteiger charge is -2.14. The average molecular weight is 481 g/mol. The second-order valence-corrected chi connectivity index (χ2v) is 10.5. The number of nitrogens with zero attached hydrogens (tertiary/aromatic N) is 3. The van der Waals surface area contributed by atoms with Gasteiger partial charge in [-0.1, -0.05) is 0 Å². The molecule has 4 heterocycles. The molecule has 0 spiro atoms. The summed E-state index contributed by atoms with van der Waals surface area (Å²) >= 11 is 3.33. The van der Waals surface area contributed by atoms with E-state index >= 15 is 0 Å². The molecular formula is C25H28N4O2S2. The van der Waals surface area contributed by atoms with Crippen LogP contribution in [0.15, 0.2) is 29.2 Å². The topological polar surface area (TPSA) is 79.9 Å². The quantitative estimate of drug-likeness (QED) is 0.362. The number of carbonyl (C=O) groups is 1. The number of hydrogen-bond acceptors (Lipinski definition) is 6. The van der Waals surface area contributed by atoms with Crippen LogP contribution in [0.25, 0.3) is 16.6 Å². The molecule has 0 aliphatic carbocycles. The molecule has 6 nitrogen and oxygen atoms in total. The summed E-state index contributed by atoms with van der Waals surface area (Å²) < 4.78 is 7.99. The number of aromatic nitrogens is 2. The van der Waals surface area contributed by atoms with E-state index in [1.165, 1.54) is 4.88 Å². The first kappa shape index (κ1) is 23.4. The van der Waals surface area contributed by atoms with Crippen LogP contribution in [0.4, 0.5) is 0 Å². The Morgan fingerprint density at radius 1 is 1.39 bits per heavy atom. The summed E-state index contributed by atoms with van der Waals surface area (Å²) in [7, 11) is 0. The van der Waals surface area contributed by atoms with E-state index in [1.54, 1.807) is 28.7 Å². The molecule has 1 aliphatic heterocycles. The van der Waals surface area contributed by atoms with Crippen molar-refractivity contribution in [3.63, 3.8) is 0 Å². The van der Waals surface area contributed by atoms with E-state index in [4.69, 9.17) is 4.74 Å². The molecule has 1 saturated heterocycles. The lowest BCUT2D eigenvalue weighted by Crippen LogP contribution is -2.26. The summed E-state index contributed by atoms with van der Waals surface area (Å²) in [6, 6.07) is 8.24. The number of thiazole rings is 1. The molecule has 1 N–H and O–H groups in total. The van der Waals surface area contributed by atoms with Crippen molar-refractivity contribution in [2.24, 2.45) is 0 Å². The van der Waals surface area contributed by atoms with Gasteiger partial charge in [0.15, 0.2) is 0 Å². The maximum Gasteiger partial charge on any atom is 0.261 e. The third kappa shape index (κ3) is 5.61. The molecule has 33 heavy (non-hydrogen) atoms. The number of carbonyl (C=O) groups excluding carboxylic acids is 1. The van der Waals surface area contributed by atoms with Crippen LogP contribution >= 0.6 is 22.7 Å². The molecule has 1 atom stereocenters. The van der Waals surface area contributed by atoms with E-state index in [-0.39, 0.29) is 17.6 Å². The zero-order valence-corrected chi connectivity index (χ0v) is 20.8. The van der Waals surface area contributed by atoms with E-state index in [2.05, 4.69) is 38.4 Å². The van der Waals surface area contributed by atoms with Crippen LogP contribution in [0.3, 0.4) is 0 Å². The van der Waals surface area contributed by atoms with Crippen LogP contribution in [0.5, 0.6) is 0 Å². The lowest BCUT2D eigenvalue weighted by molar-refractivity contribution is -0.117. The molecule has 3 aromatic heterocycles. The fourth-order valence-electron chi connectivity index (χ4n) is 4.07. The molecule has 0 aromatic carbocycles. The van der Waals surface area contributed by atoms with Crippen molar-refractivity contribution in [2.75, 3.05) is 13.2 Å². The van der Waals surface area contributed by atoms with Gasteiger partial charge in [-0.25, -0.2) is 4.98 Å². The molecule has 0 radical (unpaired) electrons. The van der Waals surface area contributed by atoms with E-state index in [1.807, 2.05) is 26.8 Å². The predicted molar refractivity (Wildman–Crippen MR) is 133 cm³/mol. The van der Waals surface area contributed by atoms with Crippen LogP contribution in [0, 0.1) is 32.1 Å². The third-order valence-electron chi connectivity index (χ3n) is 5.88. The molecule has 0 bridgehead atoms. The zero-order chi connectivity index (χ0) is 23.4. The Morgan fingerprint density at radius 3 is 2.94 bits per heavy atom. The zero-order valence-electron chi connectivity index (χ0n) is 19.2. The summed E-state index contributed by atoms with van der Waals surface area (Å²) in [5.74, 6) is -0.340. The van der Waals surface area contributed by atoms with Gasteiger partial charge in [-0.05, 0) is 69.9 Å². The van der Waals surface area contributed by atoms with Crippen LogP contribution < -0.4 is 5.32 Å². The van der Waals surface area contributed by atoms with Crippen molar-refractivity contribution < 1.29 is 9.53 Å². The molecule has 172 valence electrons. The average Bonchev–Trinajstić information content (AvgIpc) is 3.58. The maximum atomic E-state index is 12.6. The lowest BCUT2D eigenvalue weighted by atomic mass is 10.1. The van der Waals surface area contributed by atoms with Gasteiger partial charge in [0, 0.05) is 41.3 Å². The van der Waals surface area contributed by atoms with Gasteiger partial charge >= 0.3 is 0 Å². The Morgan fingerprint density at radius 2 is 2.24 bits per heavy atom. The second kappa shape index (κ2) is 10.5. The molecule has 1 amide bonds. The van der Waals surface area contributed by atoms with E-state index in [0.717, 1.165) is 58.5 Å². The fourth-order valence-corrected chi connectivity index (χ4v) is 5.73. The van der Waals surface area contributed by atoms with Crippen molar-refractivity contribution in [3.8, 4) is 16.6 Å². The Bertz CT molecular complexity index is 1210. The maximum absolute atomic E-state index is 12.6. The monoisotopic (exact) mass is 480 g/mol.